The SMILES string of the molecule is C=C(C)C.CC(C)/C(N)=C/S. The van der Waals surface area contributed by atoms with Crippen LogP contribution < -0.4 is 5.73 Å². The Kier molecular flexibility index (Phi) is 9.31. The number of nitrogens with two attached hydrogens (primary N) is 1. The van der Waals surface area contributed by atoms with E-state index in [0.29, 0.717) is 5.92 Å². The van der Waals surface area contributed by atoms with Crippen LogP contribution in [0.2, 0.25) is 0 Å². The molecule has 0 aromatic carbocycles. The summed E-state index contributed by atoms with van der Waals surface area (Å²) in [5, 5.41) is 1.63. The Hall–Kier alpha value is -0.370. The van der Waals surface area contributed by atoms with Gasteiger partial charge in [0.25, 0.3) is 0 Å². The van der Waals surface area contributed by atoms with E-state index in [2.05, 4.69) is 19.2 Å². The fourth-order valence-electron chi connectivity index (χ4n) is 0.149. The van der Waals surface area contributed by atoms with Gasteiger partial charge in [-0.25, -0.2) is 0 Å². The molecular formula is C9H19NS. The average Bonchev–Trinajstić information content (AvgIpc) is 1.85. The zero-order chi connectivity index (χ0) is 9.44. The van der Waals surface area contributed by atoms with Crippen molar-refractivity contribution in [1.29, 1.82) is 0 Å². The molecular weight excluding hydrogens is 154 g/mol. The van der Waals surface area contributed by atoms with Crippen LogP contribution >= 0.6 is 12.6 Å². The van der Waals surface area contributed by atoms with Crippen molar-refractivity contribution in [3.63, 3.8) is 0 Å². The molecule has 0 spiro atoms. The van der Waals surface area contributed by atoms with Gasteiger partial charge >= 0.3 is 0 Å². The monoisotopic (exact) mass is 173 g/mol. The number of rotatable bonds is 1. The van der Waals surface area contributed by atoms with E-state index < -0.39 is 0 Å². The summed E-state index contributed by atoms with van der Waals surface area (Å²) in [7, 11) is 0. The van der Waals surface area contributed by atoms with Crippen molar-refractivity contribution in [3.8, 4) is 0 Å². The molecule has 0 amide bonds. The summed E-state index contributed by atoms with van der Waals surface area (Å²) in [6, 6.07) is 0. The summed E-state index contributed by atoms with van der Waals surface area (Å²) in [4.78, 5) is 0. The summed E-state index contributed by atoms with van der Waals surface area (Å²) in [6.45, 7) is 11.6. The standard InChI is InChI=1S/C5H11NS.C4H8/c1-4(2)5(6)3-7;1-4(2)3/h3-4,7H,6H2,1-2H3;1H2,2-3H3/b5-3-;. The minimum Gasteiger partial charge on any atom is -0.401 e. The van der Waals surface area contributed by atoms with Gasteiger partial charge in [-0.2, -0.15) is 0 Å². The summed E-state index contributed by atoms with van der Waals surface area (Å²) >= 11 is 3.87. The van der Waals surface area contributed by atoms with E-state index in [9.17, 15) is 0 Å². The first-order valence-corrected chi connectivity index (χ1v) is 4.15. The van der Waals surface area contributed by atoms with Crippen LogP contribution in [0.5, 0.6) is 0 Å². The van der Waals surface area contributed by atoms with E-state index in [0.717, 1.165) is 5.70 Å². The molecule has 0 unspecified atom stereocenters. The minimum atomic E-state index is 0.428. The summed E-state index contributed by atoms with van der Waals surface area (Å²) in [5.74, 6) is 0.428. The molecule has 0 saturated carbocycles. The van der Waals surface area contributed by atoms with E-state index in [-0.39, 0.29) is 0 Å². The molecule has 2 N–H and O–H groups in total. The third-order valence-corrected chi connectivity index (χ3v) is 1.11. The molecule has 0 heterocycles. The fourth-order valence-corrected chi connectivity index (χ4v) is 0.447. The molecule has 0 aliphatic carbocycles. The lowest BCUT2D eigenvalue weighted by Crippen LogP contribution is -2.02. The van der Waals surface area contributed by atoms with Crippen molar-refractivity contribution in [1.82, 2.24) is 0 Å². The Labute approximate surface area is 75.8 Å². The van der Waals surface area contributed by atoms with Crippen molar-refractivity contribution in [3.05, 3.63) is 23.3 Å². The van der Waals surface area contributed by atoms with Gasteiger partial charge in [-0.3, -0.25) is 0 Å². The summed E-state index contributed by atoms with van der Waals surface area (Å²) < 4.78 is 0. The maximum absolute atomic E-state index is 5.40. The van der Waals surface area contributed by atoms with E-state index in [1.54, 1.807) is 5.41 Å². The molecule has 0 fully saturated rings. The first-order valence-electron chi connectivity index (χ1n) is 3.63. The van der Waals surface area contributed by atoms with Crippen LogP contribution in [-0.2, 0) is 0 Å². The molecule has 0 aromatic rings. The van der Waals surface area contributed by atoms with Crippen molar-refractivity contribution in [2.45, 2.75) is 27.7 Å². The lowest BCUT2D eigenvalue weighted by atomic mass is 10.2. The molecule has 0 rings (SSSR count). The number of hydrogen-bond donors (Lipinski definition) is 2. The molecule has 0 aliphatic rings. The van der Waals surface area contributed by atoms with Crippen LogP contribution in [0.25, 0.3) is 0 Å². The third-order valence-electron chi connectivity index (χ3n) is 0.816. The second-order valence-electron chi connectivity index (χ2n) is 2.99. The van der Waals surface area contributed by atoms with Gasteiger partial charge in [0.15, 0.2) is 0 Å². The van der Waals surface area contributed by atoms with Gasteiger partial charge in [-0.05, 0) is 25.2 Å². The topological polar surface area (TPSA) is 26.0 Å². The Morgan fingerprint density at radius 2 is 1.73 bits per heavy atom. The second kappa shape index (κ2) is 7.73. The zero-order valence-electron chi connectivity index (χ0n) is 7.89. The fraction of sp³-hybridized carbons (Fsp3) is 0.556. The largest absolute Gasteiger partial charge is 0.401 e. The first-order chi connectivity index (χ1) is 4.91. The maximum Gasteiger partial charge on any atom is 0.0168 e. The number of allylic oxidation sites excluding steroid dienone is 2. The Balaban J connectivity index is 0. The molecule has 11 heavy (non-hydrogen) atoms. The lowest BCUT2D eigenvalue weighted by Gasteiger charge is -2.00. The van der Waals surface area contributed by atoms with E-state index in [1.165, 1.54) is 5.57 Å². The minimum absolute atomic E-state index is 0.428. The highest BCUT2D eigenvalue weighted by Gasteiger charge is 1.91. The molecule has 0 bridgehead atoms. The second-order valence-corrected chi connectivity index (χ2v) is 3.25. The maximum atomic E-state index is 5.40. The predicted molar refractivity (Wildman–Crippen MR) is 56.6 cm³/mol. The Morgan fingerprint density at radius 1 is 1.45 bits per heavy atom. The average molecular weight is 173 g/mol. The zero-order valence-corrected chi connectivity index (χ0v) is 8.78. The highest BCUT2D eigenvalue weighted by molar-refractivity contribution is 7.83. The van der Waals surface area contributed by atoms with Crippen molar-refractivity contribution in [2.75, 3.05) is 0 Å². The quantitative estimate of drug-likeness (QED) is 0.463. The van der Waals surface area contributed by atoms with Crippen LogP contribution in [0.3, 0.4) is 0 Å². The van der Waals surface area contributed by atoms with Gasteiger partial charge in [0, 0.05) is 5.70 Å². The molecule has 0 atom stereocenters. The van der Waals surface area contributed by atoms with Crippen molar-refractivity contribution >= 4 is 12.6 Å². The van der Waals surface area contributed by atoms with Crippen molar-refractivity contribution in [2.24, 2.45) is 11.7 Å². The molecule has 0 aliphatic heterocycles. The van der Waals surface area contributed by atoms with E-state index >= 15 is 0 Å². The van der Waals surface area contributed by atoms with Gasteiger partial charge in [0.05, 0.1) is 0 Å². The van der Waals surface area contributed by atoms with Crippen LogP contribution in [0.4, 0.5) is 0 Å². The lowest BCUT2D eigenvalue weighted by molar-refractivity contribution is 0.760. The number of hydrogen-bond acceptors (Lipinski definition) is 2. The van der Waals surface area contributed by atoms with E-state index in [1.807, 2.05) is 27.7 Å². The highest BCUT2D eigenvalue weighted by Crippen LogP contribution is 2.01. The third kappa shape index (κ3) is 17.7. The molecule has 66 valence electrons. The van der Waals surface area contributed by atoms with Gasteiger partial charge in [0.2, 0.25) is 0 Å². The molecule has 0 radical (unpaired) electrons. The summed E-state index contributed by atoms with van der Waals surface area (Å²) in [6.07, 6.45) is 0. The first kappa shape index (κ1) is 13.2. The van der Waals surface area contributed by atoms with Gasteiger partial charge < -0.3 is 5.73 Å². The van der Waals surface area contributed by atoms with E-state index in [4.69, 9.17) is 5.73 Å². The predicted octanol–water partition coefficient (Wildman–Crippen LogP) is 2.95. The highest BCUT2D eigenvalue weighted by atomic mass is 32.1. The molecule has 0 saturated heterocycles. The van der Waals surface area contributed by atoms with Crippen LogP contribution in [0.1, 0.15) is 27.7 Å². The van der Waals surface area contributed by atoms with Crippen molar-refractivity contribution < 1.29 is 0 Å². The number of thiol groups is 1. The Bertz CT molecular complexity index is 132. The molecule has 2 heteroatoms. The Morgan fingerprint density at radius 3 is 1.73 bits per heavy atom. The molecule has 0 aromatic heterocycles. The normalized spacial score (nSPS) is 10.5. The smallest absolute Gasteiger partial charge is 0.0168 e. The van der Waals surface area contributed by atoms with Crippen LogP contribution in [0.15, 0.2) is 23.3 Å². The van der Waals surface area contributed by atoms with Crippen LogP contribution in [0, 0.1) is 5.92 Å². The van der Waals surface area contributed by atoms with Gasteiger partial charge in [-0.15, -0.1) is 19.2 Å². The van der Waals surface area contributed by atoms with Crippen LogP contribution in [-0.4, -0.2) is 0 Å². The van der Waals surface area contributed by atoms with Gasteiger partial charge in [-0.1, -0.05) is 19.4 Å². The molecule has 1 nitrogen and oxygen atoms in total. The summed E-state index contributed by atoms with van der Waals surface area (Å²) in [5.41, 5.74) is 7.40. The van der Waals surface area contributed by atoms with Gasteiger partial charge in [0.1, 0.15) is 0 Å².